The Morgan fingerprint density at radius 2 is 2.12 bits per heavy atom. The van der Waals surface area contributed by atoms with Crippen molar-refractivity contribution in [1.29, 1.82) is 0 Å². The number of aromatic nitrogens is 2. The van der Waals surface area contributed by atoms with E-state index in [0.717, 1.165) is 42.4 Å². The Balaban J connectivity index is 1.67. The lowest BCUT2D eigenvalue weighted by molar-refractivity contribution is 0.0601. The van der Waals surface area contributed by atoms with Gasteiger partial charge in [0.25, 0.3) is 5.91 Å². The van der Waals surface area contributed by atoms with Crippen molar-refractivity contribution in [2.24, 2.45) is 0 Å². The van der Waals surface area contributed by atoms with E-state index in [1.54, 1.807) is 6.20 Å². The number of benzene rings is 1. The molecule has 0 spiro atoms. The van der Waals surface area contributed by atoms with Gasteiger partial charge in [0.15, 0.2) is 0 Å². The minimum absolute atomic E-state index is 0.0256. The Labute approximate surface area is 145 Å². The second-order valence-electron chi connectivity index (χ2n) is 6.18. The van der Waals surface area contributed by atoms with E-state index in [1.165, 1.54) is 0 Å². The Hall–Kier alpha value is -2.33. The van der Waals surface area contributed by atoms with Crippen molar-refractivity contribution < 1.29 is 4.79 Å². The molecule has 1 amide bonds. The second-order valence-corrected chi connectivity index (χ2v) is 6.62. The maximum atomic E-state index is 13.1. The van der Waals surface area contributed by atoms with Crippen molar-refractivity contribution in [2.45, 2.75) is 25.3 Å². The van der Waals surface area contributed by atoms with Gasteiger partial charge >= 0.3 is 0 Å². The molecule has 0 radical (unpaired) electrons. The zero-order chi connectivity index (χ0) is 16.5. The molecule has 0 saturated carbocycles. The number of fused-ring (bicyclic) bond motifs is 1. The van der Waals surface area contributed by atoms with Crippen molar-refractivity contribution >= 4 is 28.4 Å². The van der Waals surface area contributed by atoms with E-state index in [0.29, 0.717) is 10.7 Å². The van der Waals surface area contributed by atoms with Crippen LogP contribution in [0.5, 0.6) is 0 Å². The van der Waals surface area contributed by atoms with E-state index in [1.807, 2.05) is 47.4 Å². The van der Waals surface area contributed by atoms with Crippen molar-refractivity contribution in [3.05, 3.63) is 65.1 Å². The number of amides is 1. The van der Waals surface area contributed by atoms with Gasteiger partial charge in [-0.05, 0) is 55.7 Å². The van der Waals surface area contributed by atoms with Crippen LogP contribution in [0, 0.1) is 0 Å². The molecular formula is C19H18ClN3O. The third-order valence-electron chi connectivity index (χ3n) is 4.61. The van der Waals surface area contributed by atoms with Gasteiger partial charge in [0.1, 0.15) is 5.69 Å². The monoisotopic (exact) mass is 339 g/mol. The van der Waals surface area contributed by atoms with Gasteiger partial charge in [0.2, 0.25) is 0 Å². The SMILES string of the molecule is O=C(c1cc2cc(Cl)ccc2[nH]1)N1CCCC[C@H]1c1ccccn1. The number of likely N-dealkylation sites (tertiary alicyclic amines) is 1. The molecule has 1 atom stereocenters. The Morgan fingerprint density at radius 1 is 1.21 bits per heavy atom. The number of carbonyl (C=O) groups is 1. The fourth-order valence-electron chi connectivity index (χ4n) is 3.43. The number of nitrogens with zero attached hydrogens (tertiary/aromatic N) is 2. The fourth-order valence-corrected chi connectivity index (χ4v) is 3.61. The van der Waals surface area contributed by atoms with Crippen molar-refractivity contribution in [2.75, 3.05) is 6.54 Å². The number of aromatic amines is 1. The van der Waals surface area contributed by atoms with Crippen LogP contribution in [-0.2, 0) is 0 Å². The van der Waals surface area contributed by atoms with Crippen molar-refractivity contribution in [3.8, 4) is 0 Å². The maximum absolute atomic E-state index is 13.1. The maximum Gasteiger partial charge on any atom is 0.270 e. The van der Waals surface area contributed by atoms with Crippen LogP contribution < -0.4 is 0 Å². The molecule has 122 valence electrons. The van der Waals surface area contributed by atoms with Crippen LogP contribution in [0.1, 0.15) is 41.5 Å². The highest BCUT2D eigenvalue weighted by Crippen LogP contribution is 2.31. The molecule has 1 N–H and O–H groups in total. The van der Waals surface area contributed by atoms with Gasteiger partial charge in [-0.2, -0.15) is 0 Å². The first-order chi connectivity index (χ1) is 11.7. The number of hydrogen-bond donors (Lipinski definition) is 1. The summed E-state index contributed by atoms with van der Waals surface area (Å²) in [6.07, 6.45) is 4.89. The number of nitrogens with one attached hydrogen (secondary N) is 1. The van der Waals surface area contributed by atoms with E-state index in [4.69, 9.17) is 11.6 Å². The van der Waals surface area contributed by atoms with Crippen LogP contribution in [0.3, 0.4) is 0 Å². The number of halogens is 1. The molecule has 0 aliphatic carbocycles. The number of pyridine rings is 1. The molecule has 3 heterocycles. The van der Waals surface area contributed by atoms with Crippen LogP contribution in [0.25, 0.3) is 10.9 Å². The summed E-state index contributed by atoms with van der Waals surface area (Å²) in [7, 11) is 0. The number of carbonyl (C=O) groups excluding carboxylic acids is 1. The number of piperidine rings is 1. The number of rotatable bonds is 2. The summed E-state index contributed by atoms with van der Waals surface area (Å²) in [4.78, 5) is 22.7. The number of H-pyrrole nitrogens is 1. The topological polar surface area (TPSA) is 49.0 Å². The summed E-state index contributed by atoms with van der Waals surface area (Å²) >= 11 is 6.04. The van der Waals surface area contributed by atoms with Gasteiger partial charge in [-0.1, -0.05) is 17.7 Å². The highest BCUT2D eigenvalue weighted by atomic mass is 35.5. The quantitative estimate of drug-likeness (QED) is 0.742. The predicted molar refractivity (Wildman–Crippen MR) is 95.2 cm³/mol. The van der Waals surface area contributed by atoms with Crippen LogP contribution in [0.2, 0.25) is 5.02 Å². The normalized spacial score (nSPS) is 18.0. The first-order valence-electron chi connectivity index (χ1n) is 8.22. The second kappa shape index (κ2) is 6.29. The van der Waals surface area contributed by atoms with E-state index in [9.17, 15) is 4.79 Å². The molecule has 1 fully saturated rings. The molecule has 24 heavy (non-hydrogen) atoms. The minimum Gasteiger partial charge on any atom is -0.351 e. The molecular weight excluding hydrogens is 322 g/mol. The van der Waals surface area contributed by atoms with Crippen LogP contribution in [0.4, 0.5) is 0 Å². The molecule has 0 bridgehead atoms. The van der Waals surface area contributed by atoms with E-state index < -0.39 is 0 Å². The molecule has 1 saturated heterocycles. The summed E-state index contributed by atoms with van der Waals surface area (Å²) in [6.45, 7) is 0.760. The zero-order valence-electron chi connectivity index (χ0n) is 13.2. The van der Waals surface area contributed by atoms with Crippen molar-refractivity contribution in [1.82, 2.24) is 14.9 Å². The fraction of sp³-hybridized carbons (Fsp3) is 0.263. The standard InChI is InChI=1S/C19H18ClN3O/c20-14-7-8-15-13(11-14)12-17(22-15)19(24)23-10-4-2-6-18(23)16-5-1-3-9-21-16/h1,3,5,7-9,11-12,18,22H,2,4,6,10H2/t18-/m0/s1. The highest BCUT2D eigenvalue weighted by Gasteiger charge is 2.30. The Morgan fingerprint density at radius 3 is 2.96 bits per heavy atom. The van der Waals surface area contributed by atoms with E-state index in [2.05, 4.69) is 9.97 Å². The van der Waals surface area contributed by atoms with Gasteiger partial charge in [0, 0.05) is 28.7 Å². The van der Waals surface area contributed by atoms with Gasteiger partial charge in [-0.25, -0.2) is 0 Å². The molecule has 5 heteroatoms. The summed E-state index contributed by atoms with van der Waals surface area (Å²) < 4.78 is 0. The third kappa shape index (κ3) is 2.78. The molecule has 4 nitrogen and oxygen atoms in total. The lowest BCUT2D eigenvalue weighted by Gasteiger charge is -2.35. The molecule has 2 aromatic heterocycles. The zero-order valence-corrected chi connectivity index (χ0v) is 14.0. The van der Waals surface area contributed by atoms with E-state index in [-0.39, 0.29) is 11.9 Å². The highest BCUT2D eigenvalue weighted by molar-refractivity contribution is 6.31. The molecule has 0 unspecified atom stereocenters. The average molecular weight is 340 g/mol. The minimum atomic E-state index is 0.0256. The van der Waals surface area contributed by atoms with Crippen LogP contribution in [-0.4, -0.2) is 27.3 Å². The predicted octanol–water partition coefficient (Wildman–Crippen LogP) is 4.58. The first kappa shape index (κ1) is 15.2. The lowest BCUT2D eigenvalue weighted by Crippen LogP contribution is -2.39. The molecule has 3 aromatic rings. The van der Waals surface area contributed by atoms with Crippen molar-refractivity contribution in [3.63, 3.8) is 0 Å². The van der Waals surface area contributed by atoms with Crippen LogP contribution in [0.15, 0.2) is 48.7 Å². The van der Waals surface area contributed by atoms with Gasteiger partial charge in [-0.15, -0.1) is 0 Å². The summed E-state index contributed by atoms with van der Waals surface area (Å²) in [5.74, 6) is 0.0256. The van der Waals surface area contributed by atoms with Gasteiger partial charge in [0.05, 0.1) is 11.7 Å². The Kier molecular flexibility index (Phi) is 3.98. The average Bonchev–Trinajstić information content (AvgIpc) is 3.05. The third-order valence-corrected chi connectivity index (χ3v) is 4.84. The molecule has 4 rings (SSSR count). The van der Waals surface area contributed by atoms with Crippen LogP contribution >= 0.6 is 11.6 Å². The van der Waals surface area contributed by atoms with Gasteiger partial charge < -0.3 is 9.88 Å². The summed E-state index contributed by atoms with van der Waals surface area (Å²) in [6, 6.07) is 13.4. The molecule has 1 aliphatic heterocycles. The smallest absolute Gasteiger partial charge is 0.270 e. The largest absolute Gasteiger partial charge is 0.351 e. The van der Waals surface area contributed by atoms with Gasteiger partial charge in [-0.3, -0.25) is 9.78 Å². The summed E-state index contributed by atoms with van der Waals surface area (Å²) in [5.41, 5.74) is 2.49. The first-order valence-corrected chi connectivity index (χ1v) is 8.60. The number of hydrogen-bond acceptors (Lipinski definition) is 2. The molecule has 1 aliphatic rings. The Bertz CT molecular complexity index is 875. The summed E-state index contributed by atoms with van der Waals surface area (Å²) in [5, 5.41) is 1.63. The lowest BCUT2D eigenvalue weighted by atomic mass is 9.98. The molecule has 1 aromatic carbocycles. The van der Waals surface area contributed by atoms with E-state index >= 15 is 0 Å².